The largest absolute Gasteiger partial charge is 1.00 e. The van der Waals surface area contributed by atoms with Crippen LogP contribution in [0.25, 0.3) is 10.8 Å². The van der Waals surface area contributed by atoms with Crippen LogP contribution in [0.5, 0.6) is 0 Å². The van der Waals surface area contributed by atoms with Crippen molar-refractivity contribution in [2.45, 2.75) is 0 Å². The molecule has 0 N–H and O–H groups in total. The molecule has 2 nitrogen and oxygen atoms in total. The van der Waals surface area contributed by atoms with Gasteiger partial charge in [-0.3, -0.25) is 0 Å². The molecule has 3 heteroatoms. The van der Waals surface area contributed by atoms with Crippen LogP contribution in [0.2, 0.25) is 0 Å². The van der Waals surface area contributed by atoms with Gasteiger partial charge in [-0.05, 0) is 22.4 Å². The van der Waals surface area contributed by atoms with Crippen LogP contribution in [-0.2, 0) is 0 Å². The predicted molar refractivity (Wildman–Crippen MR) is 48.3 cm³/mol. The maximum absolute atomic E-state index is 10.5. The predicted octanol–water partition coefficient (Wildman–Crippen LogP) is -1.79. The molecule has 0 amide bonds. The zero-order valence-corrected chi connectivity index (χ0v) is 7.86. The van der Waals surface area contributed by atoms with Gasteiger partial charge < -0.3 is 9.90 Å². The van der Waals surface area contributed by atoms with Crippen molar-refractivity contribution in [3.63, 3.8) is 0 Å². The van der Waals surface area contributed by atoms with Gasteiger partial charge in [-0.15, -0.1) is 0 Å². The van der Waals surface area contributed by atoms with E-state index >= 15 is 0 Å². The van der Waals surface area contributed by atoms with Gasteiger partial charge >= 0.3 is 18.9 Å². The summed E-state index contributed by atoms with van der Waals surface area (Å²) >= 11 is 0. The van der Waals surface area contributed by atoms with E-state index in [1.165, 1.54) is 0 Å². The number of carbonyl (C=O) groups is 1. The van der Waals surface area contributed by atoms with Gasteiger partial charge in [0, 0.05) is 0 Å². The second-order valence-electron chi connectivity index (χ2n) is 2.85. The van der Waals surface area contributed by atoms with E-state index in [0.29, 0.717) is 0 Å². The van der Waals surface area contributed by atoms with Crippen molar-refractivity contribution in [2.75, 3.05) is 0 Å². The number of fused-ring (bicyclic) bond motifs is 1. The summed E-state index contributed by atoms with van der Waals surface area (Å²) < 4.78 is 0. The van der Waals surface area contributed by atoms with E-state index in [2.05, 4.69) is 0 Å². The molecule has 0 spiro atoms. The maximum Gasteiger partial charge on any atom is 1.00 e. The molecule has 0 aliphatic heterocycles. The normalized spacial score (nSPS) is 9.43. The number of carboxylic acid groups (broad SMARTS) is 1. The van der Waals surface area contributed by atoms with Crippen LogP contribution in [0.15, 0.2) is 42.5 Å². The summed E-state index contributed by atoms with van der Waals surface area (Å²) in [5.41, 5.74) is 0.221. The summed E-state index contributed by atoms with van der Waals surface area (Å²) in [5, 5.41) is 12.5. The van der Waals surface area contributed by atoms with Gasteiger partial charge in [-0.1, -0.05) is 36.4 Å². The molecule has 2 aromatic carbocycles. The Bertz CT molecular complexity index is 466. The van der Waals surface area contributed by atoms with Crippen LogP contribution in [0.1, 0.15) is 10.4 Å². The topological polar surface area (TPSA) is 40.1 Å². The second kappa shape index (κ2) is 4.32. The smallest absolute Gasteiger partial charge is 0.545 e. The van der Waals surface area contributed by atoms with Crippen molar-refractivity contribution >= 4 is 16.7 Å². The molecular formula is C11H7LiO2. The number of carboxylic acids is 1. The molecule has 64 valence electrons. The van der Waals surface area contributed by atoms with Crippen LogP contribution >= 0.6 is 0 Å². The fraction of sp³-hybridized carbons (Fsp3) is 0. The van der Waals surface area contributed by atoms with Crippen molar-refractivity contribution in [2.24, 2.45) is 0 Å². The fourth-order valence-corrected chi connectivity index (χ4v) is 1.32. The number of carbonyl (C=O) groups excluding carboxylic acids is 1. The fourth-order valence-electron chi connectivity index (χ4n) is 1.32. The van der Waals surface area contributed by atoms with Gasteiger partial charge in [0.2, 0.25) is 0 Å². The molecule has 0 aliphatic carbocycles. The Kier molecular flexibility index (Phi) is 3.35. The molecule has 0 aromatic heterocycles. The van der Waals surface area contributed by atoms with Crippen molar-refractivity contribution < 1.29 is 28.8 Å². The molecular weight excluding hydrogens is 171 g/mol. The van der Waals surface area contributed by atoms with Gasteiger partial charge in [-0.25, -0.2) is 0 Å². The van der Waals surface area contributed by atoms with Crippen molar-refractivity contribution in [1.29, 1.82) is 0 Å². The van der Waals surface area contributed by atoms with E-state index in [9.17, 15) is 9.90 Å². The Morgan fingerprint density at radius 3 is 2.29 bits per heavy atom. The number of benzene rings is 2. The molecule has 2 rings (SSSR count). The minimum absolute atomic E-state index is 0. The third kappa shape index (κ3) is 1.98. The van der Waals surface area contributed by atoms with Gasteiger partial charge in [0.25, 0.3) is 0 Å². The molecule has 0 saturated carbocycles. The molecule has 0 saturated heterocycles. The number of rotatable bonds is 1. The summed E-state index contributed by atoms with van der Waals surface area (Å²) in [6.07, 6.45) is 0. The third-order valence-corrected chi connectivity index (χ3v) is 1.99. The summed E-state index contributed by atoms with van der Waals surface area (Å²) in [6.45, 7) is 0. The van der Waals surface area contributed by atoms with E-state index in [1.54, 1.807) is 18.2 Å². The Labute approximate surface area is 93.7 Å². The first-order chi connectivity index (χ1) is 6.27. The average Bonchev–Trinajstić information content (AvgIpc) is 2.17. The first-order valence-corrected chi connectivity index (χ1v) is 3.97. The van der Waals surface area contributed by atoms with E-state index in [-0.39, 0.29) is 24.4 Å². The molecule has 14 heavy (non-hydrogen) atoms. The van der Waals surface area contributed by atoms with Crippen molar-refractivity contribution in [1.82, 2.24) is 0 Å². The first kappa shape index (κ1) is 10.8. The molecule has 0 aliphatic rings. The maximum atomic E-state index is 10.5. The molecule has 0 bridgehead atoms. The zero-order chi connectivity index (χ0) is 9.26. The standard InChI is InChI=1S/C11H8O2.Li/c12-11(13)10-6-5-8-3-1-2-4-9(8)7-10;/h1-7H,(H,12,13);/q;+1/p-1. The van der Waals surface area contributed by atoms with Crippen LogP contribution < -0.4 is 24.0 Å². The summed E-state index contributed by atoms with van der Waals surface area (Å²) in [6, 6.07) is 12.6. The second-order valence-corrected chi connectivity index (χ2v) is 2.85. The van der Waals surface area contributed by atoms with Gasteiger partial charge in [0.15, 0.2) is 0 Å². The van der Waals surface area contributed by atoms with Crippen LogP contribution in [0.4, 0.5) is 0 Å². The summed E-state index contributed by atoms with van der Waals surface area (Å²) in [4.78, 5) is 10.5. The zero-order valence-electron chi connectivity index (χ0n) is 7.86. The van der Waals surface area contributed by atoms with Crippen molar-refractivity contribution in [3.05, 3.63) is 48.0 Å². The Morgan fingerprint density at radius 1 is 1.00 bits per heavy atom. The average molecular weight is 178 g/mol. The minimum atomic E-state index is -1.13. The monoisotopic (exact) mass is 178 g/mol. The number of hydrogen-bond donors (Lipinski definition) is 0. The molecule has 0 atom stereocenters. The SMILES string of the molecule is O=C([O-])c1ccc2ccccc2c1.[Li+]. The quantitative estimate of drug-likeness (QED) is 0.484. The van der Waals surface area contributed by atoms with Gasteiger partial charge in [-0.2, -0.15) is 0 Å². The van der Waals surface area contributed by atoms with Gasteiger partial charge in [0.1, 0.15) is 0 Å². The van der Waals surface area contributed by atoms with Crippen LogP contribution in [-0.4, -0.2) is 5.97 Å². The van der Waals surface area contributed by atoms with Crippen molar-refractivity contribution in [3.8, 4) is 0 Å². The van der Waals surface area contributed by atoms with E-state index in [4.69, 9.17) is 0 Å². The van der Waals surface area contributed by atoms with E-state index in [0.717, 1.165) is 10.8 Å². The van der Waals surface area contributed by atoms with E-state index in [1.807, 2.05) is 24.3 Å². The first-order valence-electron chi connectivity index (χ1n) is 3.97. The molecule has 0 unspecified atom stereocenters. The summed E-state index contributed by atoms with van der Waals surface area (Å²) in [5.74, 6) is -1.13. The molecule has 0 heterocycles. The molecule has 0 radical (unpaired) electrons. The third-order valence-electron chi connectivity index (χ3n) is 1.99. The number of aromatic carboxylic acids is 1. The Balaban J connectivity index is 0.000000980. The Morgan fingerprint density at radius 2 is 1.64 bits per heavy atom. The summed E-state index contributed by atoms with van der Waals surface area (Å²) in [7, 11) is 0. The molecule has 2 aromatic rings. The number of hydrogen-bond acceptors (Lipinski definition) is 2. The van der Waals surface area contributed by atoms with E-state index < -0.39 is 5.97 Å². The van der Waals surface area contributed by atoms with Gasteiger partial charge in [0.05, 0.1) is 5.97 Å². The Hall–Kier alpha value is -1.23. The molecule has 0 fully saturated rings. The van der Waals surface area contributed by atoms with Crippen LogP contribution in [0.3, 0.4) is 0 Å². The van der Waals surface area contributed by atoms with Crippen LogP contribution in [0, 0.1) is 0 Å². The minimum Gasteiger partial charge on any atom is -0.545 e.